The number of ether oxygens (including phenoxy) is 1. The van der Waals surface area contributed by atoms with Crippen LogP contribution in [0.4, 0.5) is 0 Å². The van der Waals surface area contributed by atoms with E-state index in [1.807, 2.05) is 0 Å². The summed E-state index contributed by atoms with van der Waals surface area (Å²) in [7, 11) is 1.50. The van der Waals surface area contributed by atoms with E-state index in [1.54, 1.807) is 0 Å². The predicted octanol–water partition coefficient (Wildman–Crippen LogP) is 5.16. The first-order valence-corrected chi connectivity index (χ1v) is 14.8. The molecule has 0 spiro atoms. The number of hydrogen-bond acceptors (Lipinski definition) is 5. The molecule has 0 heterocycles. The quantitative estimate of drug-likeness (QED) is 0.308. The van der Waals surface area contributed by atoms with Crippen LogP contribution in [-0.2, 0) is 9.53 Å². The van der Waals surface area contributed by atoms with Crippen LogP contribution in [0, 0.1) is 46.3 Å². The summed E-state index contributed by atoms with van der Waals surface area (Å²) in [4.78, 5) is 11.8. The van der Waals surface area contributed by atoms with Gasteiger partial charge in [0.2, 0.25) is 0 Å². The zero-order valence-electron chi connectivity index (χ0n) is 23.4. The van der Waals surface area contributed by atoms with Crippen LogP contribution in [0.3, 0.4) is 0 Å². The van der Waals surface area contributed by atoms with Gasteiger partial charge in [-0.25, -0.2) is 0 Å². The molecule has 0 bridgehead atoms. The summed E-state index contributed by atoms with van der Waals surface area (Å²) in [6.45, 7) is 13.9. The zero-order valence-corrected chi connectivity index (χ0v) is 23.4. The van der Waals surface area contributed by atoms with Crippen molar-refractivity contribution >= 4 is 5.97 Å². The van der Waals surface area contributed by atoms with E-state index in [2.05, 4.69) is 45.3 Å². The summed E-state index contributed by atoms with van der Waals surface area (Å²) >= 11 is 0. The summed E-state index contributed by atoms with van der Waals surface area (Å²) in [6.07, 6.45) is 11.2. The maximum Gasteiger partial charge on any atom is 0.305 e. The van der Waals surface area contributed by atoms with E-state index in [4.69, 9.17) is 4.74 Å². The van der Waals surface area contributed by atoms with Gasteiger partial charge in [0.25, 0.3) is 0 Å². The molecule has 5 nitrogen and oxygen atoms in total. The van der Waals surface area contributed by atoms with Crippen LogP contribution in [0.1, 0.15) is 98.8 Å². The number of nitrogens with one attached hydrogen (secondary N) is 2. The molecular weight excluding hydrogens is 436 g/mol. The van der Waals surface area contributed by atoms with Crippen molar-refractivity contribution in [1.29, 1.82) is 0 Å². The lowest BCUT2D eigenvalue weighted by Gasteiger charge is -2.62. The van der Waals surface area contributed by atoms with Gasteiger partial charge < -0.3 is 20.5 Å². The standard InChI is InChI=1S/C30H54N2O3/c1-19(2)31-15-16-32-21-11-13-30(5)25-12-14-29(4)23(20(3)7-10-28(34)35-6)8-9-24(29)22(25)18-27(33)26(30)17-21/h19-27,31-33H,7-18H2,1-6H3/t20-,21+,22?,23?,24?,25?,26?,27-,29-,30-/m1/s1. The van der Waals surface area contributed by atoms with Crippen molar-refractivity contribution in [1.82, 2.24) is 10.6 Å². The minimum absolute atomic E-state index is 0.0732. The molecule has 35 heavy (non-hydrogen) atoms. The minimum Gasteiger partial charge on any atom is -0.469 e. The average molecular weight is 491 g/mol. The van der Waals surface area contributed by atoms with Gasteiger partial charge in [-0.2, -0.15) is 0 Å². The Morgan fingerprint density at radius 3 is 2.40 bits per heavy atom. The second-order valence-corrected chi connectivity index (χ2v) is 13.6. The van der Waals surface area contributed by atoms with Crippen molar-refractivity contribution in [2.75, 3.05) is 20.2 Å². The Balaban J connectivity index is 1.40. The van der Waals surface area contributed by atoms with Gasteiger partial charge in [-0.15, -0.1) is 0 Å². The lowest BCUT2D eigenvalue weighted by molar-refractivity contribution is -0.162. The minimum atomic E-state index is -0.155. The lowest BCUT2D eigenvalue weighted by atomic mass is 9.43. The van der Waals surface area contributed by atoms with Gasteiger partial charge in [0.05, 0.1) is 13.2 Å². The maximum atomic E-state index is 11.8. The number of carbonyl (C=O) groups is 1. The monoisotopic (exact) mass is 490 g/mol. The molecule has 0 aromatic carbocycles. The highest BCUT2D eigenvalue weighted by molar-refractivity contribution is 5.69. The molecule has 4 aliphatic carbocycles. The number of aliphatic hydroxyl groups excluding tert-OH is 1. The molecule has 0 saturated heterocycles. The largest absolute Gasteiger partial charge is 0.469 e. The van der Waals surface area contributed by atoms with Crippen LogP contribution in [0.5, 0.6) is 0 Å². The zero-order chi connectivity index (χ0) is 25.4. The first kappa shape index (κ1) is 27.4. The predicted molar refractivity (Wildman–Crippen MR) is 142 cm³/mol. The van der Waals surface area contributed by atoms with Gasteiger partial charge in [-0.1, -0.05) is 34.6 Å². The molecule has 0 radical (unpaired) electrons. The van der Waals surface area contributed by atoms with E-state index >= 15 is 0 Å². The highest BCUT2D eigenvalue weighted by Crippen LogP contribution is 2.68. The average Bonchev–Trinajstić information content (AvgIpc) is 3.18. The Morgan fingerprint density at radius 2 is 1.69 bits per heavy atom. The summed E-state index contributed by atoms with van der Waals surface area (Å²) in [5, 5.41) is 18.8. The number of rotatable bonds is 9. The third-order valence-corrected chi connectivity index (χ3v) is 11.6. The molecule has 4 aliphatic rings. The van der Waals surface area contributed by atoms with E-state index < -0.39 is 0 Å². The van der Waals surface area contributed by atoms with E-state index in [0.717, 1.165) is 44.2 Å². The molecule has 5 unspecified atom stereocenters. The van der Waals surface area contributed by atoms with Crippen LogP contribution in [0.25, 0.3) is 0 Å². The number of esters is 1. The van der Waals surface area contributed by atoms with E-state index in [-0.39, 0.29) is 17.5 Å². The summed E-state index contributed by atoms with van der Waals surface area (Å²) in [6, 6.07) is 1.08. The van der Waals surface area contributed by atoms with Gasteiger partial charge in [-0.3, -0.25) is 4.79 Å². The van der Waals surface area contributed by atoms with Gasteiger partial charge in [-0.05, 0) is 104 Å². The molecule has 0 amide bonds. The molecule has 0 aliphatic heterocycles. The maximum absolute atomic E-state index is 11.8. The Labute approximate surface area is 214 Å². The summed E-state index contributed by atoms with van der Waals surface area (Å²) in [5.74, 6) is 3.79. The van der Waals surface area contributed by atoms with Crippen LogP contribution < -0.4 is 10.6 Å². The Hall–Kier alpha value is -0.650. The van der Waals surface area contributed by atoms with E-state index in [1.165, 1.54) is 45.6 Å². The van der Waals surface area contributed by atoms with Crippen molar-refractivity contribution in [3.63, 3.8) is 0 Å². The van der Waals surface area contributed by atoms with Crippen molar-refractivity contribution in [2.45, 2.75) is 117 Å². The van der Waals surface area contributed by atoms with Gasteiger partial charge in [0.15, 0.2) is 0 Å². The first-order chi connectivity index (χ1) is 16.6. The molecule has 4 rings (SSSR count). The molecule has 0 aromatic heterocycles. The van der Waals surface area contributed by atoms with Gasteiger partial charge >= 0.3 is 5.97 Å². The fourth-order valence-electron chi connectivity index (χ4n) is 9.75. The van der Waals surface area contributed by atoms with Crippen molar-refractivity contribution in [3.8, 4) is 0 Å². The summed E-state index contributed by atoms with van der Waals surface area (Å²) in [5.41, 5.74) is 0.647. The van der Waals surface area contributed by atoms with Crippen LogP contribution in [0.15, 0.2) is 0 Å². The highest BCUT2D eigenvalue weighted by Gasteiger charge is 2.62. The fraction of sp³-hybridized carbons (Fsp3) is 0.967. The second kappa shape index (κ2) is 11.0. The number of carbonyl (C=O) groups excluding carboxylic acids is 1. The Bertz CT molecular complexity index is 728. The van der Waals surface area contributed by atoms with Crippen molar-refractivity contribution in [2.24, 2.45) is 46.3 Å². The summed E-state index contributed by atoms with van der Waals surface area (Å²) < 4.78 is 4.91. The van der Waals surface area contributed by atoms with Crippen molar-refractivity contribution < 1.29 is 14.6 Å². The first-order valence-electron chi connectivity index (χ1n) is 14.8. The molecule has 5 heteroatoms. The highest BCUT2D eigenvalue weighted by atomic mass is 16.5. The number of aliphatic hydroxyl groups is 1. The molecule has 3 N–H and O–H groups in total. The molecule has 202 valence electrons. The van der Waals surface area contributed by atoms with Gasteiger partial charge in [0, 0.05) is 31.6 Å². The van der Waals surface area contributed by atoms with E-state index in [9.17, 15) is 9.90 Å². The third kappa shape index (κ3) is 5.34. The smallest absolute Gasteiger partial charge is 0.305 e. The number of fused-ring (bicyclic) bond motifs is 5. The van der Waals surface area contributed by atoms with Crippen LogP contribution >= 0.6 is 0 Å². The Morgan fingerprint density at radius 1 is 0.971 bits per heavy atom. The topological polar surface area (TPSA) is 70.6 Å². The van der Waals surface area contributed by atoms with Crippen molar-refractivity contribution in [3.05, 3.63) is 0 Å². The molecular formula is C30H54N2O3. The van der Waals surface area contributed by atoms with E-state index in [0.29, 0.717) is 47.6 Å². The third-order valence-electron chi connectivity index (χ3n) is 11.6. The second-order valence-electron chi connectivity index (χ2n) is 13.6. The normalized spacial score (nSPS) is 43.8. The molecule has 4 fully saturated rings. The number of hydrogen-bond donors (Lipinski definition) is 3. The molecule has 0 aromatic rings. The fourth-order valence-corrected chi connectivity index (χ4v) is 9.75. The number of methoxy groups -OCH3 is 1. The lowest BCUT2D eigenvalue weighted by Crippen LogP contribution is -2.59. The molecule has 10 atom stereocenters. The van der Waals surface area contributed by atoms with Crippen LogP contribution in [-0.4, -0.2) is 49.5 Å². The Kier molecular flexibility index (Phi) is 8.60. The molecule has 4 saturated carbocycles. The van der Waals surface area contributed by atoms with Crippen LogP contribution in [0.2, 0.25) is 0 Å². The van der Waals surface area contributed by atoms with Gasteiger partial charge in [0.1, 0.15) is 0 Å². The SMILES string of the molecule is COC(=O)CC[C@@H](C)C1CCC2C3C[C@@H](O)C4C[C@@H](NCCNC(C)C)CC[C@]4(C)C3CC[C@@]21C.